The standard InChI is InChI=1S/C6H10O2.C5H11NO2S/c1-2-3-7-4-6-5-8-6;1-9-3-2-4(6)5(7)8/h2,6H,1,3-5H2;4H,2-3,6H2,1H3,(H,7,8). The van der Waals surface area contributed by atoms with E-state index in [0.29, 0.717) is 19.1 Å². The van der Waals surface area contributed by atoms with E-state index in [4.69, 9.17) is 20.3 Å². The van der Waals surface area contributed by atoms with Crippen LogP contribution in [0.1, 0.15) is 6.42 Å². The molecule has 0 radical (unpaired) electrons. The smallest absolute Gasteiger partial charge is 0.320 e. The molecule has 2 atom stereocenters. The third-order valence-corrected chi connectivity index (χ3v) is 2.54. The Hall–Kier alpha value is -0.560. The Labute approximate surface area is 106 Å². The van der Waals surface area contributed by atoms with Gasteiger partial charge < -0.3 is 20.3 Å². The average molecular weight is 263 g/mol. The molecule has 2 unspecified atom stereocenters. The molecule has 0 saturated carbocycles. The number of rotatable bonds is 8. The molecule has 0 aromatic rings. The molecule has 1 aliphatic rings. The number of aliphatic carboxylic acids is 1. The minimum Gasteiger partial charge on any atom is -0.480 e. The molecule has 3 N–H and O–H groups in total. The van der Waals surface area contributed by atoms with Crippen molar-refractivity contribution in [2.75, 3.05) is 31.8 Å². The van der Waals surface area contributed by atoms with Crippen molar-refractivity contribution in [3.63, 3.8) is 0 Å². The van der Waals surface area contributed by atoms with Gasteiger partial charge in [0.05, 0.1) is 19.8 Å². The summed E-state index contributed by atoms with van der Waals surface area (Å²) in [5.41, 5.74) is 5.19. The van der Waals surface area contributed by atoms with Crippen LogP contribution in [-0.4, -0.2) is 55.1 Å². The lowest BCUT2D eigenvalue weighted by Gasteiger charge is -2.02. The maximum Gasteiger partial charge on any atom is 0.320 e. The van der Waals surface area contributed by atoms with E-state index in [1.54, 1.807) is 17.8 Å². The molecule has 5 nitrogen and oxygen atoms in total. The van der Waals surface area contributed by atoms with Crippen LogP contribution in [0.25, 0.3) is 0 Å². The van der Waals surface area contributed by atoms with E-state index in [2.05, 4.69) is 6.58 Å². The van der Waals surface area contributed by atoms with Crippen LogP contribution in [0.4, 0.5) is 0 Å². The van der Waals surface area contributed by atoms with Crippen LogP contribution < -0.4 is 5.73 Å². The Morgan fingerprint density at radius 3 is 2.88 bits per heavy atom. The van der Waals surface area contributed by atoms with Crippen LogP contribution in [-0.2, 0) is 14.3 Å². The van der Waals surface area contributed by atoms with Crippen molar-refractivity contribution in [3.05, 3.63) is 12.7 Å². The number of thioether (sulfide) groups is 1. The molecule has 17 heavy (non-hydrogen) atoms. The lowest BCUT2D eigenvalue weighted by Crippen LogP contribution is -2.30. The molecule has 1 aliphatic heterocycles. The molecule has 0 aromatic carbocycles. The molecular weight excluding hydrogens is 242 g/mol. The number of carbonyl (C=O) groups is 1. The molecule has 0 aromatic heterocycles. The van der Waals surface area contributed by atoms with Gasteiger partial charge in [0, 0.05) is 0 Å². The summed E-state index contributed by atoms with van der Waals surface area (Å²) in [4.78, 5) is 10.1. The molecule has 0 amide bonds. The maximum absolute atomic E-state index is 10.1. The molecule has 1 heterocycles. The minimum absolute atomic E-state index is 0.384. The molecule has 1 fully saturated rings. The van der Waals surface area contributed by atoms with Crippen molar-refractivity contribution in [3.8, 4) is 0 Å². The summed E-state index contributed by atoms with van der Waals surface area (Å²) < 4.78 is 9.96. The fraction of sp³-hybridized carbons (Fsp3) is 0.727. The van der Waals surface area contributed by atoms with Crippen LogP contribution in [0.2, 0.25) is 0 Å². The zero-order valence-corrected chi connectivity index (χ0v) is 10.9. The normalized spacial score (nSPS) is 18.8. The average Bonchev–Trinajstić information content (AvgIpc) is 3.11. The second-order valence-corrected chi connectivity index (χ2v) is 4.49. The van der Waals surface area contributed by atoms with E-state index < -0.39 is 12.0 Å². The second kappa shape index (κ2) is 10.6. The number of hydrogen-bond acceptors (Lipinski definition) is 5. The largest absolute Gasteiger partial charge is 0.480 e. The van der Waals surface area contributed by atoms with E-state index in [0.717, 1.165) is 19.0 Å². The lowest BCUT2D eigenvalue weighted by atomic mass is 10.2. The quantitative estimate of drug-likeness (QED) is 0.382. The topological polar surface area (TPSA) is 85.1 Å². The van der Waals surface area contributed by atoms with Gasteiger partial charge in [-0.1, -0.05) is 6.08 Å². The summed E-state index contributed by atoms with van der Waals surface area (Å²) >= 11 is 1.60. The summed E-state index contributed by atoms with van der Waals surface area (Å²) in [6.45, 7) is 5.75. The highest BCUT2D eigenvalue weighted by Gasteiger charge is 2.21. The maximum atomic E-state index is 10.1. The Kier molecular flexibility index (Phi) is 10.2. The van der Waals surface area contributed by atoms with E-state index in [1.807, 2.05) is 6.26 Å². The third kappa shape index (κ3) is 11.7. The van der Waals surface area contributed by atoms with Crippen molar-refractivity contribution in [1.82, 2.24) is 0 Å². The third-order valence-electron chi connectivity index (χ3n) is 1.89. The van der Waals surface area contributed by atoms with Crippen LogP contribution in [0.3, 0.4) is 0 Å². The molecular formula is C11H21NO4S. The Bertz CT molecular complexity index is 222. The zero-order chi connectivity index (χ0) is 13.1. The van der Waals surface area contributed by atoms with Crippen molar-refractivity contribution in [2.24, 2.45) is 5.73 Å². The molecule has 6 heteroatoms. The highest BCUT2D eigenvalue weighted by atomic mass is 32.2. The fourth-order valence-electron chi connectivity index (χ4n) is 0.815. The number of carboxylic acid groups (broad SMARTS) is 1. The van der Waals surface area contributed by atoms with Crippen molar-refractivity contribution < 1.29 is 19.4 Å². The monoisotopic (exact) mass is 263 g/mol. The minimum atomic E-state index is -0.913. The molecule has 100 valence electrons. The van der Waals surface area contributed by atoms with Crippen LogP contribution >= 0.6 is 11.8 Å². The summed E-state index contributed by atoms with van der Waals surface area (Å²) in [6.07, 6.45) is 4.60. The first-order valence-corrected chi connectivity index (χ1v) is 6.78. The van der Waals surface area contributed by atoms with Gasteiger partial charge in [0.1, 0.15) is 12.1 Å². The van der Waals surface area contributed by atoms with E-state index in [9.17, 15) is 4.79 Å². The highest BCUT2D eigenvalue weighted by Crippen LogP contribution is 2.07. The predicted molar refractivity (Wildman–Crippen MR) is 69.4 cm³/mol. The van der Waals surface area contributed by atoms with E-state index >= 15 is 0 Å². The predicted octanol–water partition coefficient (Wildman–Crippen LogP) is 0.739. The molecule has 0 aliphatic carbocycles. The number of ether oxygens (including phenoxy) is 2. The van der Waals surface area contributed by atoms with E-state index in [-0.39, 0.29) is 0 Å². The molecule has 0 spiro atoms. The van der Waals surface area contributed by atoms with Crippen molar-refractivity contribution >= 4 is 17.7 Å². The van der Waals surface area contributed by atoms with Gasteiger partial charge in [0.25, 0.3) is 0 Å². The number of carboxylic acids is 1. The first-order valence-electron chi connectivity index (χ1n) is 5.39. The first-order chi connectivity index (χ1) is 8.11. The fourth-order valence-corrected chi connectivity index (χ4v) is 1.31. The van der Waals surface area contributed by atoms with Gasteiger partial charge in [-0.3, -0.25) is 4.79 Å². The Balaban J connectivity index is 0.000000302. The van der Waals surface area contributed by atoms with Crippen LogP contribution in [0.5, 0.6) is 0 Å². The van der Waals surface area contributed by atoms with E-state index in [1.165, 1.54) is 0 Å². The highest BCUT2D eigenvalue weighted by molar-refractivity contribution is 7.98. The van der Waals surface area contributed by atoms with Gasteiger partial charge in [-0.2, -0.15) is 11.8 Å². The van der Waals surface area contributed by atoms with Gasteiger partial charge in [-0.05, 0) is 18.4 Å². The van der Waals surface area contributed by atoms with Crippen molar-refractivity contribution in [1.29, 1.82) is 0 Å². The van der Waals surface area contributed by atoms with Crippen molar-refractivity contribution in [2.45, 2.75) is 18.6 Å². The summed E-state index contributed by atoms with van der Waals surface area (Å²) in [5.74, 6) is -0.1000. The number of hydrogen-bond donors (Lipinski definition) is 2. The van der Waals surface area contributed by atoms with Gasteiger partial charge in [-0.15, -0.1) is 6.58 Å². The summed E-state index contributed by atoms with van der Waals surface area (Å²) in [6, 6.07) is -0.683. The lowest BCUT2D eigenvalue weighted by molar-refractivity contribution is -0.138. The Morgan fingerprint density at radius 2 is 2.47 bits per heavy atom. The Morgan fingerprint density at radius 1 is 1.82 bits per heavy atom. The van der Waals surface area contributed by atoms with Crippen LogP contribution in [0.15, 0.2) is 12.7 Å². The van der Waals surface area contributed by atoms with Gasteiger partial charge >= 0.3 is 5.97 Å². The van der Waals surface area contributed by atoms with Crippen LogP contribution in [0, 0.1) is 0 Å². The van der Waals surface area contributed by atoms with Gasteiger partial charge in [0.15, 0.2) is 0 Å². The molecule has 1 saturated heterocycles. The summed E-state index contributed by atoms with van der Waals surface area (Å²) in [7, 11) is 0. The van der Waals surface area contributed by atoms with Gasteiger partial charge in [0.2, 0.25) is 0 Å². The first kappa shape index (κ1) is 16.4. The molecule has 1 rings (SSSR count). The SMILES string of the molecule is C=CCOCC1CO1.CSCCC(N)C(=O)O. The molecule has 0 bridgehead atoms. The second-order valence-electron chi connectivity index (χ2n) is 3.51. The van der Waals surface area contributed by atoms with Gasteiger partial charge in [-0.25, -0.2) is 0 Å². The summed E-state index contributed by atoms with van der Waals surface area (Å²) in [5, 5.41) is 8.27. The zero-order valence-electron chi connectivity index (χ0n) is 10.1. The number of nitrogens with two attached hydrogens (primary N) is 1. The number of epoxide rings is 1.